The highest BCUT2D eigenvalue weighted by Crippen LogP contribution is 2.28. The first-order chi connectivity index (χ1) is 8.78. The fourth-order valence-electron chi connectivity index (χ4n) is 2.81. The highest BCUT2D eigenvalue weighted by atomic mass is 16.3. The van der Waals surface area contributed by atoms with Crippen LogP contribution in [0.3, 0.4) is 0 Å². The number of hydrogen-bond acceptors (Lipinski definition) is 3. The van der Waals surface area contributed by atoms with Crippen molar-refractivity contribution < 1.29 is 5.11 Å². The second-order valence-electron chi connectivity index (χ2n) is 5.01. The van der Waals surface area contributed by atoms with Crippen LogP contribution < -0.4 is 0 Å². The number of aromatic hydroxyl groups is 1. The monoisotopic (exact) mass is 245 g/mol. The number of imidazole rings is 1. The molecule has 1 fully saturated rings. The first-order valence-corrected chi connectivity index (χ1v) is 6.66. The Labute approximate surface area is 107 Å². The first-order valence-electron chi connectivity index (χ1n) is 6.66. The van der Waals surface area contributed by atoms with Gasteiger partial charge in [-0.25, -0.2) is 4.98 Å². The summed E-state index contributed by atoms with van der Waals surface area (Å²) in [5.41, 5.74) is 1.06. The van der Waals surface area contributed by atoms with Crippen LogP contribution in [0.2, 0.25) is 0 Å². The maximum atomic E-state index is 9.59. The summed E-state index contributed by atoms with van der Waals surface area (Å²) in [6.45, 7) is 5.64. The van der Waals surface area contributed by atoms with Gasteiger partial charge in [0.15, 0.2) is 0 Å². The average Bonchev–Trinajstić information content (AvgIpc) is 2.82. The lowest BCUT2D eigenvalue weighted by atomic mass is 9.96. The molecular weight excluding hydrogens is 226 g/mol. The van der Waals surface area contributed by atoms with Crippen molar-refractivity contribution in [1.29, 1.82) is 0 Å². The van der Waals surface area contributed by atoms with Crippen LogP contribution in [0.1, 0.15) is 31.5 Å². The molecule has 1 N–H and O–H groups in total. The molecule has 4 heteroatoms. The van der Waals surface area contributed by atoms with Crippen LogP contribution in [0.5, 0.6) is 5.75 Å². The van der Waals surface area contributed by atoms with Crippen molar-refractivity contribution in [3.63, 3.8) is 0 Å². The fraction of sp³-hybridized carbons (Fsp3) is 0.500. The zero-order valence-electron chi connectivity index (χ0n) is 10.7. The summed E-state index contributed by atoms with van der Waals surface area (Å²) in [6.07, 6.45) is 5.97. The summed E-state index contributed by atoms with van der Waals surface area (Å²) in [5.74, 6) is 1.90. The molecule has 0 radical (unpaired) electrons. The van der Waals surface area contributed by atoms with Crippen LogP contribution in [0.4, 0.5) is 0 Å². The van der Waals surface area contributed by atoms with Crippen molar-refractivity contribution in [2.75, 3.05) is 19.6 Å². The number of nitrogens with zero attached hydrogens (tertiary/aromatic N) is 3. The number of hydrogen-bond donors (Lipinski definition) is 1. The fourth-order valence-corrected chi connectivity index (χ4v) is 2.81. The van der Waals surface area contributed by atoms with Crippen LogP contribution in [0.25, 0.3) is 5.52 Å². The molecule has 1 aliphatic heterocycles. The number of fused-ring (bicyclic) bond motifs is 1. The van der Waals surface area contributed by atoms with E-state index in [4.69, 9.17) is 0 Å². The Bertz CT molecular complexity index is 541. The summed E-state index contributed by atoms with van der Waals surface area (Å²) < 4.78 is 2.03. The van der Waals surface area contributed by atoms with Crippen molar-refractivity contribution in [3.8, 4) is 5.75 Å². The van der Waals surface area contributed by atoms with Gasteiger partial charge >= 0.3 is 0 Å². The van der Waals surface area contributed by atoms with E-state index in [9.17, 15) is 5.11 Å². The zero-order chi connectivity index (χ0) is 12.5. The summed E-state index contributed by atoms with van der Waals surface area (Å²) in [7, 11) is 0. The van der Waals surface area contributed by atoms with E-state index >= 15 is 0 Å². The Kier molecular flexibility index (Phi) is 2.96. The minimum atomic E-state index is 0.299. The topological polar surface area (TPSA) is 40.8 Å². The van der Waals surface area contributed by atoms with Gasteiger partial charge in [0, 0.05) is 5.92 Å². The van der Waals surface area contributed by atoms with E-state index in [0.717, 1.165) is 43.8 Å². The smallest absolute Gasteiger partial charge is 0.132 e. The van der Waals surface area contributed by atoms with Gasteiger partial charge in [0.2, 0.25) is 0 Å². The molecule has 0 atom stereocenters. The third kappa shape index (κ3) is 1.97. The molecule has 0 saturated carbocycles. The molecule has 0 amide bonds. The molecule has 4 nitrogen and oxygen atoms in total. The minimum Gasteiger partial charge on any atom is -0.506 e. The molecule has 1 aliphatic rings. The summed E-state index contributed by atoms with van der Waals surface area (Å²) in [5, 5.41) is 9.59. The molecule has 18 heavy (non-hydrogen) atoms. The highest BCUT2D eigenvalue weighted by molar-refractivity contribution is 5.48. The van der Waals surface area contributed by atoms with Gasteiger partial charge in [0.1, 0.15) is 11.6 Å². The van der Waals surface area contributed by atoms with Crippen molar-refractivity contribution in [1.82, 2.24) is 14.3 Å². The maximum absolute atomic E-state index is 9.59. The van der Waals surface area contributed by atoms with Crippen LogP contribution in [-0.2, 0) is 0 Å². The lowest BCUT2D eigenvalue weighted by molar-refractivity contribution is 0.219. The van der Waals surface area contributed by atoms with E-state index in [1.54, 1.807) is 12.3 Å². The zero-order valence-corrected chi connectivity index (χ0v) is 10.7. The quantitative estimate of drug-likeness (QED) is 0.882. The molecule has 96 valence electrons. The molecule has 3 heterocycles. The van der Waals surface area contributed by atoms with Crippen molar-refractivity contribution >= 4 is 5.52 Å². The predicted molar refractivity (Wildman–Crippen MR) is 70.9 cm³/mol. The Morgan fingerprint density at radius 3 is 2.83 bits per heavy atom. The van der Waals surface area contributed by atoms with Crippen LogP contribution in [0.15, 0.2) is 24.5 Å². The number of rotatable bonds is 2. The van der Waals surface area contributed by atoms with E-state index in [2.05, 4.69) is 16.8 Å². The van der Waals surface area contributed by atoms with Gasteiger partial charge in [-0.15, -0.1) is 0 Å². The number of piperidine rings is 1. The second kappa shape index (κ2) is 4.61. The lowest BCUT2D eigenvalue weighted by Crippen LogP contribution is -2.33. The third-order valence-electron chi connectivity index (χ3n) is 3.94. The average molecular weight is 245 g/mol. The Morgan fingerprint density at radius 2 is 2.11 bits per heavy atom. The second-order valence-corrected chi connectivity index (χ2v) is 5.01. The van der Waals surface area contributed by atoms with Crippen molar-refractivity contribution in [2.24, 2.45) is 0 Å². The molecule has 2 aromatic heterocycles. The molecule has 0 aliphatic carbocycles. The standard InChI is InChI=1S/C14H19N3O/c1-2-16-7-5-11(6-8-16)14-15-9-12-3-4-13(18)10-17(12)14/h3-4,9-11,18H,2,5-8H2,1H3. The van der Waals surface area contributed by atoms with Gasteiger partial charge in [-0.3, -0.25) is 4.40 Å². The first kappa shape index (κ1) is 11.5. The van der Waals surface area contributed by atoms with Gasteiger partial charge in [0.05, 0.1) is 17.9 Å². The Balaban J connectivity index is 1.88. The summed E-state index contributed by atoms with van der Waals surface area (Å²) in [4.78, 5) is 7.02. The van der Waals surface area contributed by atoms with E-state index in [1.165, 1.54) is 0 Å². The molecule has 0 spiro atoms. The number of aromatic nitrogens is 2. The Morgan fingerprint density at radius 1 is 1.33 bits per heavy atom. The van der Waals surface area contributed by atoms with E-state index < -0.39 is 0 Å². The van der Waals surface area contributed by atoms with Crippen molar-refractivity contribution in [2.45, 2.75) is 25.7 Å². The van der Waals surface area contributed by atoms with Gasteiger partial charge < -0.3 is 10.0 Å². The lowest BCUT2D eigenvalue weighted by Gasteiger charge is -2.30. The van der Waals surface area contributed by atoms with Gasteiger partial charge in [0.25, 0.3) is 0 Å². The third-order valence-corrected chi connectivity index (χ3v) is 3.94. The molecule has 0 unspecified atom stereocenters. The van der Waals surface area contributed by atoms with E-state index in [1.807, 2.05) is 16.7 Å². The summed E-state index contributed by atoms with van der Waals surface area (Å²) >= 11 is 0. The molecular formula is C14H19N3O. The van der Waals surface area contributed by atoms with Gasteiger partial charge in [-0.2, -0.15) is 0 Å². The number of likely N-dealkylation sites (tertiary alicyclic amines) is 1. The molecule has 3 rings (SSSR count). The van der Waals surface area contributed by atoms with E-state index in [-0.39, 0.29) is 0 Å². The van der Waals surface area contributed by atoms with Crippen LogP contribution >= 0.6 is 0 Å². The number of pyridine rings is 1. The SMILES string of the molecule is CCN1CCC(c2ncc3ccc(O)cn23)CC1. The molecule has 2 aromatic rings. The van der Waals surface area contributed by atoms with E-state index in [0.29, 0.717) is 11.7 Å². The van der Waals surface area contributed by atoms with Gasteiger partial charge in [-0.05, 0) is 44.6 Å². The molecule has 0 aromatic carbocycles. The largest absolute Gasteiger partial charge is 0.506 e. The normalized spacial score (nSPS) is 18.5. The summed E-state index contributed by atoms with van der Waals surface area (Å²) in [6, 6.07) is 3.62. The molecule has 0 bridgehead atoms. The maximum Gasteiger partial charge on any atom is 0.132 e. The minimum absolute atomic E-state index is 0.299. The van der Waals surface area contributed by atoms with Gasteiger partial charge in [-0.1, -0.05) is 6.92 Å². The van der Waals surface area contributed by atoms with Crippen LogP contribution in [-0.4, -0.2) is 39.0 Å². The Hall–Kier alpha value is -1.55. The molecule has 1 saturated heterocycles. The van der Waals surface area contributed by atoms with Crippen LogP contribution in [0, 0.1) is 0 Å². The highest BCUT2D eigenvalue weighted by Gasteiger charge is 2.22. The van der Waals surface area contributed by atoms with Crippen molar-refractivity contribution in [3.05, 3.63) is 30.4 Å². The predicted octanol–water partition coefficient (Wildman–Crippen LogP) is 2.24.